The van der Waals surface area contributed by atoms with Crippen LogP contribution < -0.4 is 9.47 Å². The number of nitriles is 1. The Kier molecular flexibility index (Phi) is 4.32. The minimum Gasteiger partial charge on any atom is -0.493 e. The zero-order valence-corrected chi connectivity index (χ0v) is 9.85. The van der Waals surface area contributed by atoms with Gasteiger partial charge in [0.25, 0.3) is 0 Å². The largest absolute Gasteiger partial charge is 0.493 e. The van der Waals surface area contributed by atoms with Crippen LogP contribution in [0.5, 0.6) is 11.5 Å². The SMILES string of the molecule is COc1cc(CC#N)c(SC)cc1OC. The highest BCUT2D eigenvalue weighted by molar-refractivity contribution is 7.98. The molecule has 0 N–H and O–H groups in total. The van der Waals surface area contributed by atoms with Crippen LogP contribution in [-0.4, -0.2) is 20.5 Å². The highest BCUT2D eigenvalue weighted by Crippen LogP contribution is 2.34. The van der Waals surface area contributed by atoms with Gasteiger partial charge in [-0.2, -0.15) is 5.26 Å². The number of hydrogen-bond acceptors (Lipinski definition) is 4. The number of hydrogen-bond donors (Lipinski definition) is 0. The number of benzene rings is 1. The number of rotatable bonds is 4. The van der Waals surface area contributed by atoms with Gasteiger partial charge in [-0.1, -0.05) is 0 Å². The third kappa shape index (κ3) is 2.57. The first-order valence-electron chi connectivity index (χ1n) is 4.42. The first kappa shape index (κ1) is 11.7. The van der Waals surface area contributed by atoms with E-state index in [4.69, 9.17) is 14.7 Å². The quantitative estimate of drug-likeness (QED) is 0.735. The fourth-order valence-electron chi connectivity index (χ4n) is 1.32. The molecule has 0 aliphatic carbocycles. The summed E-state index contributed by atoms with van der Waals surface area (Å²) in [6, 6.07) is 5.89. The van der Waals surface area contributed by atoms with E-state index in [0.717, 1.165) is 10.5 Å². The molecule has 0 fully saturated rings. The Balaban J connectivity index is 3.22. The van der Waals surface area contributed by atoms with Crippen molar-refractivity contribution in [1.82, 2.24) is 0 Å². The van der Waals surface area contributed by atoms with Crippen LogP contribution in [0.15, 0.2) is 17.0 Å². The zero-order valence-electron chi connectivity index (χ0n) is 9.03. The molecule has 0 heterocycles. The van der Waals surface area contributed by atoms with Crippen molar-refractivity contribution in [3.8, 4) is 17.6 Å². The predicted octanol–water partition coefficient (Wildman–Crippen LogP) is 2.49. The van der Waals surface area contributed by atoms with Gasteiger partial charge in [-0.25, -0.2) is 0 Å². The Morgan fingerprint density at radius 3 is 2.33 bits per heavy atom. The molecule has 0 saturated heterocycles. The summed E-state index contributed by atoms with van der Waals surface area (Å²) in [4.78, 5) is 1.05. The topological polar surface area (TPSA) is 42.2 Å². The van der Waals surface area contributed by atoms with Crippen molar-refractivity contribution in [2.24, 2.45) is 0 Å². The molecule has 0 amide bonds. The molecule has 1 aromatic rings. The van der Waals surface area contributed by atoms with Gasteiger partial charge in [0.2, 0.25) is 0 Å². The predicted molar refractivity (Wildman–Crippen MR) is 60.6 cm³/mol. The van der Waals surface area contributed by atoms with Crippen LogP contribution in [0.1, 0.15) is 5.56 Å². The first-order chi connectivity index (χ1) is 7.26. The third-order valence-electron chi connectivity index (χ3n) is 2.06. The molecule has 0 aromatic heterocycles. The van der Waals surface area contributed by atoms with Crippen LogP contribution in [0.2, 0.25) is 0 Å². The smallest absolute Gasteiger partial charge is 0.161 e. The van der Waals surface area contributed by atoms with E-state index >= 15 is 0 Å². The molecule has 1 rings (SSSR count). The van der Waals surface area contributed by atoms with Crippen molar-refractivity contribution in [2.45, 2.75) is 11.3 Å². The normalized spacial score (nSPS) is 9.47. The molecule has 0 saturated carbocycles. The highest BCUT2D eigenvalue weighted by Gasteiger charge is 2.09. The fraction of sp³-hybridized carbons (Fsp3) is 0.364. The molecule has 0 radical (unpaired) electrons. The molecular formula is C11H13NO2S. The van der Waals surface area contributed by atoms with Crippen LogP contribution in [0.4, 0.5) is 0 Å². The molecule has 80 valence electrons. The maximum absolute atomic E-state index is 8.70. The second-order valence-corrected chi connectivity index (χ2v) is 3.70. The summed E-state index contributed by atoms with van der Waals surface area (Å²) in [6.45, 7) is 0. The molecule has 0 atom stereocenters. The molecule has 15 heavy (non-hydrogen) atoms. The molecule has 1 aromatic carbocycles. The summed E-state index contributed by atoms with van der Waals surface area (Å²) in [7, 11) is 3.19. The van der Waals surface area contributed by atoms with Crippen molar-refractivity contribution in [3.05, 3.63) is 17.7 Å². The van der Waals surface area contributed by atoms with Gasteiger partial charge >= 0.3 is 0 Å². The van der Waals surface area contributed by atoms with E-state index in [9.17, 15) is 0 Å². The first-order valence-corrected chi connectivity index (χ1v) is 5.65. The van der Waals surface area contributed by atoms with Gasteiger partial charge < -0.3 is 9.47 Å². The molecular weight excluding hydrogens is 210 g/mol. The van der Waals surface area contributed by atoms with E-state index < -0.39 is 0 Å². The maximum Gasteiger partial charge on any atom is 0.161 e. The van der Waals surface area contributed by atoms with Crippen LogP contribution in [0.25, 0.3) is 0 Å². The van der Waals surface area contributed by atoms with E-state index in [0.29, 0.717) is 17.9 Å². The van der Waals surface area contributed by atoms with E-state index in [2.05, 4.69) is 6.07 Å². The molecule has 0 aliphatic heterocycles. The van der Waals surface area contributed by atoms with E-state index in [1.807, 2.05) is 18.4 Å². The molecule has 0 aliphatic rings. The van der Waals surface area contributed by atoms with E-state index in [1.165, 1.54) is 0 Å². The number of nitrogens with zero attached hydrogens (tertiary/aromatic N) is 1. The zero-order chi connectivity index (χ0) is 11.3. The average molecular weight is 223 g/mol. The lowest BCUT2D eigenvalue weighted by atomic mass is 10.1. The molecule has 0 bridgehead atoms. The second kappa shape index (κ2) is 5.52. The average Bonchev–Trinajstić information content (AvgIpc) is 2.28. The highest BCUT2D eigenvalue weighted by atomic mass is 32.2. The Morgan fingerprint density at radius 1 is 1.27 bits per heavy atom. The second-order valence-electron chi connectivity index (χ2n) is 2.85. The lowest BCUT2D eigenvalue weighted by Gasteiger charge is -2.11. The summed E-state index contributed by atoms with van der Waals surface area (Å²) in [6.07, 6.45) is 2.36. The van der Waals surface area contributed by atoms with Gasteiger partial charge in [0.05, 0.1) is 26.7 Å². The molecule has 4 heteroatoms. The van der Waals surface area contributed by atoms with Crippen molar-refractivity contribution < 1.29 is 9.47 Å². The van der Waals surface area contributed by atoms with Crippen LogP contribution >= 0.6 is 11.8 Å². The third-order valence-corrected chi connectivity index (χ3v) is 2.88. The van der Waals surface area contributed by atoms with Crippen molar-refractivity contribution in [3.63, 3.8) is 0 Å². The fourth-order valence-corrected chi connectivity index (χ4v) is 1.93. The lowest BCUT2D eigenvalue weighted by Crippen LogP contribution is -1.94. The van der Waals surface area contributed by atoms with Gasteiger partial charge in [0.15, 0.2) is 11.5 Å². The van der Waals surface area contributed by atoms with Crippen molar-refractivity contribution in [1.29, 1.82) is 5.26 Å². The summed E-state index contributed by atoms with van der Waals surface area (Å²) >= 11 is 1.60. The minimum absolute atomic E-state index is 0.385. The van der Waals surface area contributed by atoms with Crippen LogP contribution in [0.3, 0.4) is 0 Å². The van der Waals surface area contributed by atoms with E-state index in [1.54, 1.807) is 26.0 Å². The van der Waals surface area contributed by atoms with Gasteiger partial charge in [-0.15, -0.1) is 11.8 Å². The Labute approximate surface area is 94.0 Å². The molecule has 0 spiro atoms. The number of methoxy groups -OCH3 is 2. The van der Waals surface area contributed by atoms with Crippen LogP contribution in [-0.2, 0) is 6.42 Å². The summed E-state index contributed by atoms with van der Waals surface area (Å²) in [5.74, 6) is 1.36. The Bertz CT molecular complexity index is 385. The van der Waals surface area contributed by atoms with E-state index in [-0.39, 0.29) is 0 Å². The van der Waals surface area contributed by atoms with Gasteiger partial charge in [-0.3, -0.25) is 0 Å². The number of ether oxygens (including phenoxy) is 2. The van der Waals surface area contributed by atoms with Gasteiger partial charge in [0.1, 0.15) is 0 Å². The Morgan fingerprint density at radius 2 is 1.87 bits per heavy atom. The minimum atomic E-state index is 0.385. The molecule has 0 unspecified atom stereocenters. The summed E-state index contributed by atoms with van der Waals surface area (Å²) < 4.78 is 10.4. The van der Waals surface area contributed by atoms with Crippen molar-refractivity contribution >= 4 is 11.8 Å². The van der Waals surface area contributed by atoms with Gasteiger partial charge in [0, 0.05) is 4.90 Å². The summed E-state index contributed by atoms with van der Waals surface area (Å²) in [5.41, 5.74) is 0.975. The summed E-state index contributed by atoms with van der Waals surface area (Å²) in [5, 5.41) is 8.70. The number of thioether (sulfide) groups is 1. The van der Waals surface area contributed by atoms with Crippen LogP contribution in [0, 0.1) is 11.3 Å². The van der Waals surface area contributed by atoms with Crippen molar-refractivity contribution in [2.75, 3.05) is 20.5 Å². The standard InChI is InChI=1S/C11H13NO2S/c1-13-9-6-8(4-5-12)11(15-3)7-10(9)14-2/h6-7H,4H2,1-3H3. The maximum atomic E-state index is 8.70. The Hall–Kier alpha value is -1.34. The van der Waals surface area contributed by atoms with Gasteiger partial charge in [-0.05, 0) is 24.0 Å². The molecule has 3 nitrogen and oxygen atoms in total. The monoisotopic (exact) mass is 223 g/mol. The lowest BCUT2D eigenvalue weighted by molar-refractivity contribution is 0.353.